The second-order valence-electron chi connectivity index (χ2n) is 5.21. The van der Waals surface area contributed by atoms with Crippen LogP contribution < -0.4 is 5.32 Å². The number of hydrogen-bond acceptors (Lipinski definition) is 3. The van der Waals surface area contributed by atoms with Crippen LogP contribution in [0.3, 0.4) is 0 Å². The van der Waals surface area contributed by atoms with Crippen LogP contribution in [-0.4, -0.2) is 36.7 Å². The zero-order chi connectivity index (χ0) is 14.2. The van der Waals surface area contributed by atoms with Gasteiger partial charge in [0.2, 0.25) is 0 Å². The third-order valence-corrected chi connectivity index (χ3v) is 3.65. The summed E-state index contributed by atoms with van der Waals surface area (Å²) in [7, 11) is 0. The average Bonchev–Trinajstić information content (AvgIpc) is 2.52. The van der Waals surface area contributed by atoms with Crippen LogP contribution in [0.1, 0.15) is 31.7 Å². The van der Waals surface area contributed by atoms with Gasteiger partial charge in [0, 0.05) is 12.6 Å². The largest absolute Gasteiger partial charge is 0.445 e. The summed E-state index contributed by atoms with van der Waals surface area (Å²) in [6.45, 7) is 5.19. The SMILES string of the molecule is CCCN(C(=O)OCc1ccccc1)C1CCNCC1. The highest BCUT2D eigenvalue weighted by molar-refractivity contribution is 5.68. The second-order valence-corrected chi connectivity index (χ2v) is 5.21. The topological polar surface area (TPSA) is 41.6 Å². The van der Waals surface area contributed by atoms with E-state index in [1.54, 1.807) is 0 Å². The van der Waals surface area contributed by atoms with Gasteiger partial charge in [-0.25, -0.2) is 4.79 Å². The van der Waals surface area contributed by atoms with E-state index >= 15 is 0 Å². The molecule has 1 saturated heterocycles. The van der Waals surface area contributed by atoms with Gasteiger partial charge in [0.1, 0.15) is 6.61 Å². The zero-order valence-electron chi connectivity index (χ0n) is 12.2. The van der Waals surface area contributed by atoms with E-state index in [0.717, 1.165) is 44.5 Å². The third-order valence-electron chi connectivity index (χ3n) is 3.65. The summed E-state index contributed by atoms with van der Waals surface area (Å²) < 4.78 is 5.46. The number of carbonyl (C=O) groups excluding carboxylic acids is 1. The fourth-order valence-corrected chi connectivity index (χ4v) is 2.58. The molecule has 0 spiro atoms. The standard InChI is InChI=1S/C16H24N2O2/c1-2-12-18(15-8-10-17-11-9-15)16(19)20-13-14-6-4-3-5-7-14/h3-7,15,17H,2,8-13H2,1H3. The molecular formula is C16H24N2O2. The Balaban J connectivity index is 1.89. The Kier molecular flexibility index (Phi) is 5.87. The molecule has 1 aliphatic rings. The van der Waals surface area contributed by atoms with Crippen molar-refractivity contribution in [3.63, 3.8) is 0 Å². The van der Waals surface area contributed by atoms with Crippen molar-refractivity contribution >= 4 is 6.09 Å². The molecule has 4 heteroatoms. The first-order valence-electron chi connectivity index (χ1n) is 7.49. The van der Waals surface area contributed by atoms with E-state index in [1.165, 1.54) is 0 Å². The van der Waals surface area contributed by atoms with Crippen molar-refractivity contribution < 1.29 is 9.53 Å². The summed E-state index contributed by atoms with van der Waals surface area (Å²) in [5, 5.41) is 3.33. The van der Waals surface area contributed by atoms with Crippen molar-refractivity contribution in [2.75, 3.05) is 19.6 Å². The summed E-state index contributed by atoms with van der Waals surface area (Å²) in [5.74, 6) is 0. The van der Waals surface area contributed by atoms with Crippen molar-refractivity contribution in [1.29, 1.82) is 0 Å². The van der Waals surface area contributed by atoms with Gasteiger partial charge in [-0.2, -0.15) is 0 Å². The Bertz CT molecular complexity index is 402. The number of nitrogens with one attached hydrogen (secondary N) is 1. The summed E-state index contributed by atoms with van der Waals surface area (Å²) in [6, 6.07) is 10.1. The van der Waals surface area contributed by atoms with Crippen molar-refractivity contribution in [2.45, 2.75) is 38.8 Å². The molecule has 0 bridgehead atoms. The Morgan fingerprint density at radius 1 is 1.30 bits per heavy atom. The molecule has 0 radical (unpaired) electrons. The molecule has 0 aliphatic carbocycles. The molecule has 1 aromatic carbocycles. The number of rotatable bonds is 5. The predicted molar refractivity (Wildman–Crippen MR) is 79.5 cm³/mol. The van der Waals surface area contributed by atoms with Crippen molar-refractivity contribution in [1.82, 2.24) is 10.2 Å². The van der Waals surface area contributed by atoms with Gasteiger partial charge in [0.15, 0.2) is 0 Å². The van der Waals surface area contributed by atoms with Gasteiger partial charge in [-0.1, -0.05) is 37.3 Å². The highest BCUT2D eigenvalue weighted by Crippen LogP contribution is 2.14. The van der Waals surface area contributed by atoms with Gasteiger partial charge in [-0.15, -0.1) is 0 Å². The molecule has 1 fully saturated rings. The van der Waals surface area contributed by atoms with Crippen LogP contribution in [0.15, 0.2) is 30.3 Å². The Morgan fingerprint density at radius 2 is 2.00 bits per heavy atom. The second kappa shape index (κ2) is 7.90. The fourth-order valence-electron chi connectivity index (χ4n) is 2.58. The van der Waals surface area contributed by atoms with Crippen LogP contribution in [0.5, 0.6) is 0 Å². The van der Waals surface area contributed by atoms with E-state index in [4.69, 9.17) is 4.74 Å². The van der Waals surface area contributed by atoms with E-state index < -0.39 is 0 Å². The Hall–Kier alpha value is -1.55. The molecule has 0 atom stereocenters. The third kappa shape index (κ3) is 4.23. The first kappa shape index (κ1) is 14.9. The molecule has 1 aromatic rings. The van der Waals surface area contributed by atoms with Crippen LogP contribution in [-0.2, 0) is 11.3 Å². The maximum Gasteiger partial charge on any atom is 0.410 e. The van der Waals surface area contributed by atoms with E-state index in [0.29, 0.717) is 12.6 Å². The molecular weight excluding hydrogens is 252 g/mol. The zero-order valence-corrected chi connectivity index (χ0v) is 12.2. The highest BCUT2D eigenvalue weighted by Gasteiger charge is 2.25. The lowest BCUT2D eigenvalue weighted by atomic mass is 10.1. The molecule has 1 N–H and O–H groups in total. The van der Waals surface area contributed by atoms with Crippen molar-refractivity contribution in [2.24, 2.45) is 0 Å². The lowest BCUT2D eigenvalue weighted by Gasteiger charge is -2.33. The molecule has 1 heterocycles. The maximum absolute atomic E-state index is 12.3. The predicted octanol–water partition coefficient (Wildman–Crippen LogP) is 2.79. The smallest absolute Gasteiger partial charge is 0.410 e. The first-order chi connectivity index (χ1) is 9.81. The quantitative estimate of drug-likeness (QED) is 0.899. The van der Waals surface area contributed by atoms with Crippen LogP contribution in [0.25, 0.3) is 0 Å². The molecule has 1 amide bonds. The van der Waals surface area contributed by atoms with E-state index in [9.17, 15) is 4.79 Å². The number of carbonyl (C=O) groups is 1. The molecule has 20 heavy (non-hydrogen) atoms. The summed E-state index contributed by atoms with van der Waals surface area (Å²) in [6.07, 6.45) is 2.81. The van der Waals surface area contributed by atoms with Crippen molar-refractivity contribution in [3.8, 4) is 0 Å². The van der Waals surface area contributed by atoms with E-state index in [2.05, 4.69) is 12.2 Å². The van der Waals surface area contributed by atoms with Crippen LogP contribution in [0.4, 0.5) is 4.79 Å². The van der Waals surface area contributed by atoms with E-state index in [1.807, 2.05) is 35.2 Å². The van der Waals surface area contributed by atoms with Crippen LogP contribution >= 0.6 is 0 Å². The van der Waals surface area contributed by atoms with Crippen molar-refractivity contribution in [3.05, 3.63) is 35.9 Å². The van der Waals surface area contributed by atoms with Gasteiger partial charge < -0.3 is 15.0 Å². The lowest BCUT2D eigenvalue weighted by molar-refractivity contribution is 0.0734. The molecule has 0 aromatic heterocycles. The van der Waals surface area contributed by atoms with Gasteiger partial charge in [0.05, 0.1) is 0 Å². The number of benzene rings is 1. The molecule has 0 saturated carbocycles. The minimum atomic E-state index is -0.178. The number of nitrogens with zero attached hydrogens (tertiary/aromatic N) is 1. The first-order valence-corrected chi connectivity index (χ1v) is 7.49. The van der Waals surface area contributed by atoms with Gasteiger partial charge in [-0.05, 0) is 37.9 Å². The lowest BCUT2D eigenvalue weighted by Crippen LogP contribution is -2.46. The number of ether oxygens (including phenoxy) is 1. The fraction of sp³-hybridized carbons (Fsp3) is 0.562. The number of hydrogen-bond donors (Lipinski definition) is 1. The van der Waals surface area contributed by atoms with Crippen LogP contribution in [0.2, 0.25) is 0 Å². The monoisotopic (exact) mass is 276 g/mol. The maximum atomic E-state index is 12.3. The van der Waals surface area contributed by atoms with E-state index in [-0.39, 0.29) is 6.09 Å². The molecule has 0 unspecified atom stereocenters. The van der Waals surface area contributed by atoms with Crippen LogP contribution in [0, 0.1) is 0 Å². The Labute approximate surface area is 121 Å². The van der Waals surface area contributed by atoms with Gasteiger partial charge >= 0.3 is 6.09 Å². The minimum Gasteiger partial charge on any atom is -0.445 e. The highest BCUT2D eigenvalue weighted by atomic mass is 16.6. The number of amides is 1. The summed E-state index contributed by atoms with van der Waals surface area (Å²) in [5.41, 5.74) is 1.03. The van der Waals surface area contributed by atoms with Gasteiger partial charge in [0.25, 0.3) is 0 Å². The molecule has 110 valence electrons. The molecule has 4 nitrogen and oxygen atoms in total. The summed E-state index contributed by atoms with van der Waals surface area (Å²) >= 11 is 0. The minimum absolute atomic E-state index is 0.178. The molecule has 2 rings (SSSR count). The normalized spacial score (nSPS) is 15.8. The Morgan fingerprint density at radius 3 is 2.65 bits per heavy atom. The molecule has 1 aliphatic heterocycles. The summed E-state index contributed by atoms with van der Waals surface area (Å²) in [4.78, 5) is 14.2. The van der Waals surface area contributed by atoms with Gasteiger partial charge in [-0.3, -0.25) is 0 Å². The average molecular weight is 276 g/mol. The number of piperidine rings is 1.